The number of carbonyl (C=O) groups is 2. The highest BCUT2D eigenvalue weighted by molar-refractivity contribution is 6.23. The molecule has 25 heavy (non-hydrogen) atoms. The topological polar surface area (TPSA) is 58.6 Å². The lowest BCUT2D eigenvalue weighted by atomic mass is 10.1. The molecule has 2 amide bonds. The van der Waals surface area contributed by atoms with Crippen molar-refractivity contribution in [3.05, 3.63) is 53.6 Å². The van der Waals surface area contributed by atoms with E-state index in [0.717, 1.165) is 16.8 Å². The van der Waals surface area contributed by atoms with E-state index in [9.17, 15) is 9.59 Å². The third-order valence-corrected chi connectivity index (χ3v) is 4.41. The Morgan fingerprint density at radius 2 is 1.88 bits per heavy atom. The van der Waals surface area contributed by atoms with Crippen molar-refractivity contribution in [2.75, 3.05) is 16.8 Å². The molecule has 0 spiro atoms. The number of nitrogens with zero attached hydrogens (tertiary/aromatic N) is 1. The lowest BCUT2D eigenvalue weighted by Crippen LogP contribution is -2.34. The van der Waals surface area contributed by atoms with Crippen molar-refractivity contribution >= 4 is 23.2 Å². The van der Waals surface area contributed by atoms with Gasteiger partial charge in [-0.3, -0.25) is 9.59 Å². The highest BCUT2D eigenvalue weighted by Crippen LogP contribution is 2.29. The molecule has 1 heterocycles. The number of carbonyl (C=O) groups excluding carboxylic acids is 2. The second-order valence-corrected chi connectivity index (χ2v) is 6.17. The molecule has 2 aromatic rings. The van der Waals surface area contributed by atoms with Crippen molar-refractivity contribution in [3.8, 4) is 5.75 Å². The van der Waals surface area contributed by atoms with Crippen LogP contribution in [0.2, 0.25) is 0 Å². The minimum absolute atomic E-state index is 0.131. The Kier molecular flexibility index (Phi) is 4.74. The number of nitrogens with one attached hydrogen (secondary N) is 1. The van der Waals surface area contributed by atoms with Gasteiger partial charge in [0.25, 0.3) is 5.91 Å². The Hall–Kier alpha value is -2.82. The van der Waals surface area contributed by atoms with E-state index in [4.69, 9.17) is 4.74 Å². The first-order valence-corrected chi connectivity index (χ1v) is 8.43. The Balaban J connectivity index is 1.83. The molecule has 0 unspecified atom stereocenters. The molecule has 0 bridgehead atoms. The second kappa shape index (κ2) is 6.97. The molecule has 1 saturated heterocycles. The van der Waals surface area contributed by atoms with E-state index in [0.29, 0.717) is 18.0 Å². The van der Waals surface area contributed by atoms with Crippen molar-refractivity contribution in [1.29, 1.82) is 0 Å². The van der Waals surface area contributed by atoms with Crippen LogP contribution in [0.25, 0.3) is 0 Å². The van der Waals surface area contributed by atoms with Crippen molar-refractivity contribution in [2.45, 2.75) is 33.2 Å². The third kappa shape index (κ3) is 3.36. The molecule has 1 aliphatic rings. The Labute approximate surface area is 147 Å². The number of imide groups is 1. The zero-order valence-electron chi connectivity index (χ0n) is 14.7. The lowest BCUT2D eigenvalue weighted by molar-refractivity contribution is -0.121. The summed E-state index contributed by atoms with van der Waals surface area (Å²) in [4.78, 5) is 26.5. The van der Waals surface area contributed by atoms with Crippen LogP contribution in [0.5, 0.6) is 5.75 Å². The molecule has 2 aromatic carbocycles. The minimum Gasteiger partial charge on any atom is -0.492 e. The zero-order chi connectivity index (χ0) is 18.0. The monoisotopic (exact) mass is 338 g/mol. The highest BCUT2D eigenvalue weighted by Gasteiger charge is 2.39. The van der Waals surface area contributed by atoms with Crippen LogP contribution in [0.4, 0.5) is 11.4 Å². The fourth-order valence-corrected chi connectivity index (χ4v) is 2.94. The average Bonchev–Trinajstić information content (AvgIpc) is 2.86. The number of aryl methyl sites for hydroxylation is 2. The first-order valence-electron chi connectivity index (χ1n) is 8.43. The number of anilines is 2. The van der Waals surface area contributed by atoms with E-state index in [-0.39, 0.29) is 18.2 Å². The summed E-state index contributed by atoms with van der Waals surface area (Å²) < 4.78 is 5.58. The van der Waals surface area contributed by atoms with Gasteiger partial charge in [-0.25, -0.2) is 4.90 Å². The number of ether oxygens (including phenoxy) is 1. The first kappa shape index (κ1) is 17.0. The third-order valence-electron chi connectivity index (χ3n) is 4.41. The Morgan fingerprint density at radius 3 is 2.60 bits per heavy atom. The number of hydrogen-bond donors (Lipinski definition) is 1. The summed E-state index contributed by atoms with van der Waals surface area (Å²) in [6, 6.07) is 12.5. The van der Waals surface area contributed by atoms with Gasteiger partial charge >= 0.3 is 0 Å². The maximum Gasteiger partial charge on any atom is 0.256 e. The molecule has 1 atom stereocenters. The SMILES string of the molecule is CCOc1ccccc1N[C@H]1CC(=O)N(c2ccc(C)c(C)c2)C1=O. The van der Waals surface area contributed by atoms with E-state index in [1.807, 2.05) is 63.2 Å². The van der Waals surface area contributed by atoms with Gasteiger partial charge in [-0.2, -0.15) is 0 Å². The standard InChI is InChI=1S/C20H22N2O3/c1-4-25-18-8-6-5-7-16(18)21-17-12-19(23)22(20(17)24)15-10-9-13(2)14(3)11-15/h5-11,17,21H,4,12H2,1-3H3/t17-/m0/s1. The fraction of sp³-hybridized carbons (Fsp3) is 0.300. The van der Waals surface area contributed by atoms with Gasteiger partial charge in [-0.05, 0) is 56.2 Å². The minimum atomic E-state index is -0.587. The molecule has 1 aliphatic heterocycles. The first-order chi connectivity index (χ1) is 12.0. The maximum absolute atomic E-state index is 12.8. The van der Waals surface area contributed by atoms with Gasteiger partial charge in [0.1, 0.15) is 11.8 Å². The van der Waals surface area contributed by atoms with Gasteiger partial charge in [0.2, 0.25) is 5.91 Å². The van der Waals surface area contributed by atoms with Crippen LogP contribution in [0.3, 0.4) is 0 Å². The zero-order valence-corrected chi connectivity index (χ0v) is 14.7. The summed E-state index contributed by atoms with van der Waals surface area (Å²) in [6.07, 6.45) is 0.131. The molecule has 1 N–H and O–H groups in total. The number of rotatable bonds is 5. The van der Waals surface area contributed by atoms with Gasteiger partial charge in [0, 0.05) is 0 Å². The smallest absolute Gasteiger partial charge is 0.256 e. The van der Waals surface area contributed by atoms with Gasteiger partial charge in [0.15, 0.2) is 0 Å². The van der Waals surface area contributed by atoms with E-state index in [2.05, 4.69) is 5.32 Å². The number of hydrogen-bond acceptors (Lipinski definition) is 4. The van der Waals surface area contributed by atoms with E-state index < -0.39 is 6.04 Å². The summed E-state index contributed by atoms with van der Waals surface area (Å²) in [5.41, 5.74) is 3.53. The summed E-state index contributed by atoms with van der Waals surface area (Å²) in [5.74, 6) is 0.245. The fourth-order valence-electron chi connectivity index (χ4n) is 2.94. The molecule has 0 radical (unpaired) electrons. The predicted molar refractivity (Wildman–Crippen MR) is 98.0 cm³/mol. The molecule has 0 aromatic heterocycles. The summed E-state index contributed by atoms with van der Waals surface area (Å²) >= 11 is 0. The normalized spacial score (nSPS) is 17.1. The van der Waals surface area contributed by atoms with Crippen LogP contribution in [0.1, 0.15) is 24.5 Å². The van der Waals surface area contributed by atoms with Crippen molar-refractivity contribution in [1.82, 2.24) is 0 Å². The van der Waals surface area contributed by atoms with Gasteiger partial charge in [0.05, 0.1) is 24.4 Å². The van der Waals surface area contributed by atoms with Crippen molar-refractivity contribution in [3.63, 3.8) is 0 Å². The molecule has 130 valence electrons. The quantitative estimate of drug-likeness (QED) is 0.849. The maximum atomic E-state index is 12.8. The highest BCUT2D eigenvalue weighted by atomic mass is 16.5. The largest absolute Gasteiger partial charge is 0.492 e. The van der Waals surface area contributed by atoms with Crippen LogP contribution in [-0.4, -0.2) is 24.5 Å². The van der Waals surface area contributed by atoms with E-state index in [1.54, 1.807) is 0 Å². The van der Waals surface area contributed by atoms with Crippen molar-refractivity contribution < 1.29 is 14.3 Å². The van der Waals surface area contributed by atoms with Gasteiger partial charge in [-0.15, -0.1) is 0 Å². The van der Waals surface area contributed by atoms with Crippen LogP contribution in [-0.2, 0) is 9.59 Å². The van der Waals surface area contributed by atoms with Crippen LogP contribution in [0.15, 0.2) is 42.5 Å². The number of amides is 2. The van der Waals surface area contributed by atoms with E-state index >= 15 is 0 Å². The molecule has 5 heteroatoms. The van der Waals surface area contributed by atoms with Gasteiger partial charge in [-0.1, -0.05) is 18.2 Å². The molecule has 0 saturated carbocycles. The molecular formula is C20H22N2O3. The second-order valence-electron chi connectivity index (χ2n) is 6.17. The molecule has 5 nitrogen and oxygen atoms in total. The lowest BCUT2D eigenvalue weighted by Gasteiger charge is -2.18. The summed E-state index contributed by atoms with van der Waals surface area (Å²) in [6.45, 7) is 6.41. The molecular weight excluding hydrogens is 316 g/mol. The van der Waals surface area contributed by atoms with Gasteiger partial charge < -0.3 is 10.1 Å². The molecule has 3 rings (SSSR count). The molecule has 1 fully saturated rings. The van der Waals surface area contributed by atoms with Crippen LogP contribution < -0.4 is 15.0 Å². The van der Waals surface area contributed by atoms with Crippen LogP contribution in [0, 0.1) is 13.8 Å². The summed E-state index contributed by atoms with van der Waals surface area (Å²) in [7, 11) is 0. The predicted octanol–water partition coefficient (Wildman–Crippen LogP) is 3.45. The summed E-state index contributed by atoms with van der Waals surface area (Å²) in [5, 5.41) is 3.16. The Bertz CT molecular complexity index is 816. The Morgan fingerprint density at radius 1 is 1.12 bits per heavy atom. The average molecular weight is 338 g/mol. The van der Waals surface area contributed by atoms with Crippen molar-refractivity contribution in [2.24, 2.45) is 0 Å². The van der Waals surface area contributed by atoms with E-state index in [1.165, 1.54) is 4.90 Å². The number of benzene rings is 2. The van der Waals surface area contributed by atoms with Crippen LogP contribution >= 0.6 is 0 Å². The number of para-hydroxylation sites is 2. The molecule has 0 aliphatic carbocycles.